The van der Waals surface area contributed by atoms with Crippen molar-refractivity contribution in [3.63, 3.8) is 0 Å². The fraction of sp³-hybridized carbons (Fsp3) is 0.400. The molecule has 3 N–H and O–H groups in total. The van der Waals surface area contributed by atoms with Gasteiger partial charge in [-0.1, -0.05) is 0 Å². The summed E-state index contributed by atoms with van der Waals surface area (Å²) in [7, 11) is 0. The van der Waals surface area contributed by atoms with Crippen LogP contribution in [0, 0.1) is 0 Å². The van der Waals surface area contributed by atoms with E-state index in [0.29, 0.717) is 24.0 Å². The van der Waals surface area contributed by atoms with Crippen molar-refractivity contribution in [1.29, 1.82) is 0 Å². The fourth-order valence-corrected chi connectivity index (χ4v) is 1.18. The minimum atomic E-state index is -0.188. The van der Waals surface area contributed by atoms with Crippen molar-refractivity contribution >= 4 is 5.91 Å². The van der Waals surface area contributed by atoms with Gasteiger partial charge < -0.3 is 11.1 Å². The number of nitrogens with two attached hydrogens (primary N) is 1. The first-order valence-electron chi connectivity index (χ1n) is 5.00. The third kappa shape index (κ3) is 3.16. The molecule has 0 aliphatic heterocycles. The third-order valence-corrected chi connectivity index (χ3v) is 2.01. The van der Waals surface area contributed by atoms with E-state index in [1.807, 2.05) is 6.92 Å². The second-order valence-electron chi connectivity index (χ2n) is 3.26. The van der Waals surface area contributed by atoms with E-state index in [1.54, 1.807) is 6.20 Å². The number of nitrogens with one attached hydrogen (secondary N) is 1. The highest BCUT2D eigenvalue weighted by Gasteiger charge is 2.07. The van der Waals surface area contributed by atoms with Gasteiger partial charge in [0.25, 0.3) is 5.91 Å². The minimum Gasteiger partial charge on any atom is -0.352 e. The molecule has 0 spiro atoms. The number of halogens is 1. The zero-order chi connectivity index (χ0) is 12.0. The number of aromatic nitrogens is 2. The number of hydrogen-bond acceptors (Lipinski definition) is 3. The summed E-state index contributed by atoms with van der Waals surface area (Å²) >= 11 is 0. The van der Waals surface area contributed by atoms with Gasteiger partial charge in [0.15, 0.2) is 0 Å². The van der Waals surface area contributed by atoms with Crippen molar-refractivity contribution in [2.24, 2.45) is 5.73 Å². The maximum absolute atomic E-state index is 12.3. The van der Waals surface area contributed by atoms with E-state index < -0.39 is 0 Å². The standard InChI is InChI=1S/C10H15FN4O/c1-2-13-10(16)9-5-14-15(7-9)6-8(3-11)4-12/h3,5,7H,2,4,6,12H2,1H3,(H,13,16)/b8-3+. The van der Waals surface area contributed by atoms with Crippen LogP contribution in [0.4, 0.5) is 4.39 Å². The predicted molar refractivity (Wildman–Crippen MR) is 58.5 cm³/mol. The van der Waals surface area contributed by atoms with E-state index in [1.165, 1.54) is 10.9 Å². The van der Waals surface area contributed by atoms with E-state index in [9.17, 15) is 9.18 Å². The van der Waals surface area contributed by atoms with Crippen molar-refractivity contribution in [2.45, 2.75) is 13.5 Å². The predicted octanol–water partition coefficient (Wildman–Crippen LogP) is 0.445. The zero-order valence-electron chi connectivity index (χ0n) is 9.11. The number of rotatable bonds is 5. The van der Waals surface area contributed by atoms with Crippen LogP contribution in [-0.2, 0) is 6.54 Å². The maximum Gasteiger partial charge on any atom is 0.254 e. The molecule has 16 heavy (non-hydrogen) atoms. The Morgan fingerprint density at radius 2 is 2.50 bits per heavy atom. The Labute approximate surface area is 93.1 Å². The second kappa shape index (κ2) is 6.02. The number of nitrogens with zero attached hydrogens (tertiary/aromatic N) is 2. The lowest BCUT2D eigenvalue weighted by atomic mass is 10.3. The molecule has 0 atom stereocenters. The topological polar surface area (TPSA) is 72.9 Å². The Morgan fingerprint density at radius 3 is 3.06 bits per heavy atom. The molecule has 0 saturated heterocycles. The van der Waals surface area contributed by atoms with Crippen LogP contribution >= 0.6 is 0 Å². The van der Waals surface area contributed by atoms with Crippen molar-refractivity contribution in [3.8, 4) is 0 Å². The Morgan fingerprint density at radius 1 is 1.75 bits per heavy atom. The SMILES string of the molecule is CCNC(=O)c1cnn(C/C(=C/F)CN)c1. The highest BCUT2D eigenvalue weighted by atomic mass is 19.1. The first-order valence-corrected chi connectivity index (χ1v) is 5.00. The summed E-state index contributed by atoms with van der Waals surface area (Å²) in [4.78, 5) is 11.4. The zero-order valence-corrected chi connectivity index (χ0v) is 9.11. The molecule has 0 aromatic carbocycles. The summed E-state index contributed by atoms with van der Waals surface area (Å²) in [5, 5.41) is 6.60. The molecule has 0 bridgehead atoms. The first-order chi connectivity index (χ1) is 7.71. The highest BCUT2D eigenvalue weighted by molar-refractivity contribution is 5.93. The maximum atomic E-state index is 12.3. The van der Waals surface area contributed by atoms with Gasteiger partial charge in [0.05, 0.1) is 24.6 Å². The molecule has 0 unspecified atom stereocenters. The van der Waals surface area contributed by atoms with Crippen LogP contribution in [0.2, 0.25) is 0 Å². The van der Waals surface area contributed by atoms with Gasteiger partial charge in [-0.15, -0.1) is 0 Å². The summed E-state index contributed by atoms with van der Waals surface area (Å²) in [6.45, 7) is 2.78. The number of carbonyl (C=O) groups excluding carboxylic acids is 1. The fourth-order valence-electron chi connectivity index (χ4n) is 1.18. The molecule has 0 aliphatic carbocycles. The monoisotopic (exact) mass is 226 g/mol. The summed E-state index contributed by atoms with van der Waals surface area (Å²) in [6.07, 6.45) is 3.47. The van der Waals surface area contributed by atoms with Gasteiger partial charge in [0.2, 0.25) is 0 Å². The molecule has 1 aromatic heterocycles. The molecular weight excluding hydrogens is 211 g/mol. The third-order valence-electron chi connectivity index (χ3n) is 2.01. The second-order valence-corrected chi connectivity index (χ2v) is 3.26. The Balaban J connectivity index is 2.68. The molecule has 88 valence electrons. The molecule has 0 radical (unpaired) electrons. The molecule has 1 heterocycles. The van der Waals surface area contributed by atoms with Crippen LogP contribution in [0.15, 0.2) is 24.3 Å². The van der Waals surface area contributed by atoms with E-state index in [0.717, 1.165) is 0 Å². The smallest absolute Gasteiger partial charge is 0.254 e. The van der Waals surface area contributed by atoms with Crippen LogP contribution in [0.3, 0.4) is 0 Å². The molecular formula is C10H15FN4O. The van der Waals surface area contributed by atoms with E-state index in [2.05, 4.69) is 10.4 Å². The van der Waals surface area contributed by atoms with Gasteiger partial charge in [-0.05, 0) is 12.5 Å². The van der Waals surface area contributed by atoms with E-state index in [4.69, 9.17) is 5.73 Å². The summed E-state index contributed by atoms with van der Waals surface area (Å²) in [5.41, 5.74) is 6.19. The van der Waals surface area contributed by atoms with Crippen LogP contribution < -0.4 is 11.1 Å². The molecule has 0 aliphatic rings. The molecule has 0 saturated carbocycles. The summed E-state index contributed by atoms with van der Waals surface area (Å²) in [5.74, 6) is -0.188. The number of carbonyl (C=O) groups is 1. The molecule has 6 heteroatoms. The van der Waals surface area contributed by atoms with Gasteiger partial charge in [0.1, 0.15) is 0 Å². The summed E-state index contributed by atoms with van der Waals surface area (Å²) < 4.78 is 13.7. The van der Waals surface area contributed by atoms with Gasteiger partial charge >= 0.3 is 0 Å². The molecule has 1 amide bonds. The average Bonchev–Trinajstić information content (AvgIpc) is 2.74. The molecule has 0 fully saturated rings. The van der Waals surface area contributed by atoms with E-state index in [-0.39, 0.29) is 19.0 Å². The van der Waals surface area contributed by atoms with Crippen LogP contribution in [0.1, 0.15) is 17.3 Å². The normalized spacial score (nSPS) is 11.6. The molecule has 1 rings (SSSR count). The Hall–Kier alpha value is -1.69. The van der Waals surface area contributed by atoms with Crippen LogP contribution in [0.25, 0.3) is 0 Å². The quantitative estimate of drug-likeness (QED) is 0.765. The number of hydrogen-bond donors (Lipinski definition) is 2. The highest BCUT2D eigenvalue weighted by Crippen LogP contribution is 2.02. The largest absolute Gasteiger partial charge is 0.352 e. The van der Waals surface area contributed by atoms with Crippen molar-refractivity contribution < 1.29 is 9.18 Å². The Bertz CT molecular complexity index is 386. The van der Waals surface area contributed by atoms with Gasteiger partial charge in [-0.2, -0.15) is 5.10 Å². The molecule has 1 aromatic rings. The van der Waals surface area contributed by atoms with Crippen LogP contribution in [-0.4, -0.2) is 28.8 Å². The molecule has 5 nitrogen and oxygen atoms in total. The average molecular weight is 226 g/mol. The summed E-state index contributed by atoms with van der Waals surface area (Å²) in [6, 6.07) is 0. The lowest BCUT2D eigenvalue weighted by Gasteiger charge is -2.02. The Kier molecular flexibility index (Phi) is 4.65. The lowest BCUT2D eigenvalue weighted by Crippen LogP contribution is -2.22. The number of amides is 1. The van der Waals surface area contributed by atoms with Gasteiger partial charge in [-0.25, -0.2) is 4.39 Å². The van der Waals surface area contributed by atoms with Gasteiger partial charge in [-0.3, -0.25) is 9.48 Å². The lowest BCUT2D eigenvalue weighted by molar-refractivity contribution is 0.0955. The van der Waals surface area contributed by atoms with Gasteiger partial charge in [0, 0.05) is 19.3 Å². The van der Waals surface area contributed by atoms with E-state index >= 15 is 0 Å². The van der Waals surface area contributed by atoms with Crippen molar-refractivity contribution in [3.05, 3.63) is 29.9 Å². The van der Waals surface area contributed by atoms with Crippen molar-refractivity contribution in [1.82, 2.24) is 15.1 Å². The minimum absolute atomic E-state index is 0.132. The van der Waals surface area contributed by atoms with Crippen molar-refractivity contribution in [2.75, 3.05) is 13.1 Å². The first kappa shape index (κ1) is 12.4. The van der Waals surface area contributed by atoms with Crippen LogP contribution in [0.5, 0.6) is 0 Å².